The highest BCUT2D eigenvalue weighted by Gasteiger charge is 2.40. The van der Waals surface area contributed by atoms with Gasteiger partial charge in [0.1, 0.15) is 4.83 Å². The minimum absolute atomic E-state index is 0.0150. The van der Waals surface area contributed by atoms with Crippen molar-refractivity contribution in [2.24, 2.45) is 5.92 Å². The number of nitrogens with one attached hydrogen (secondary N) is 1. The van der Waals surface area contributed by atoms with E-state index in [1.54, 1.807) is 17.5 Å². The van der Waals surface area contributed by atoms with Crippen molar-refractivity contribution in [1.29, 1.82) is 0 Å². The number of nitrogens with zero attached hydrogens (tertiary/aromatic N) is 2. The quantitative estimate of drug-likeness (QED) is 0.927. The third-order valence-corrected chi connectivity index (χ3v) is 5.88. The third kappa shape index (κ3) is 2.24. The molecule has 110 valence electrons. The van der Waals surface area contributed by atoms with Gasteiger partial charge < -0.3 is 5.32 Å². The Kier molecular flexibility index (Phi) is 3.19. The van der Waals surface area contributed by atoms with Crippen molar-refractivity contribution in [3.05, 3.63) is 29.3 Å². The van der Waals surface area contributed by atoms with Crippen molar-refractivity contribution in [3.8, 4) is 0 Å². The predicted molar refractivity (Wildman–Crippen MR) is 84.6 cm³/mol. The summed E-state index contributed by atoms with van der Waals surface area (Å²) in [6, 6.07) is 4.68. The van der Waals surface area contributed by atoms with Crippen LogP contribution in [0, 0.1) is 5.92 Å². The molecule has 5 rings (SSSR count). The Labute approximate surface area is 128 Å². The third-order valence-electron chi connectivity index (χ3n) is 5.04. The number of rotatable bonds is 2. The summed E-state index contributed by atoms with van der Waals surface area (Å²) in [4.78, 5) is 20.4. The van der Waals surface area contributed by atoms with E-state index in [2.05, 4.69) is 22.1 Å². The molecule has 0 radical (unpaired) electrons. The number of carbonyl (C=O) groups excluding carboxylic acids is 1. The summed E-state index contributed by atoms with van der Waals surface area (Å²) in [6.45, 7) is 4.60. The van der Waals surface area contributed by atoms with Gasteiger partial charge in [0.15, 0.2) is 0 Å². The Morgan fingerprint density at radius 3 is 3.00 bits per heavy atom. The molecule has 2 aromatic heterocycles. The largest absolute Gasteiger partial charge is 0.347 e. The first kappa shape index (κ1) is 13.2. The molecule has 2 aromatic rings. The molecule has 0 aromatic carbocycles. The van der Waals surface area contributed by atoms with E-state index in [1.165, 1.54) is 25.9 Å². The molecule has 1 N–H and O–H groups in total. The van der Waals surface area contributed by atoms with Gasteiger partial charge in [-0.1, -0.05) is 0 Å². The normalized spacial score (nSPS) is 31.5. The minimum Gasteiger partial charge on any atom is -0.347 e. The molecule has 2 bridgehead atoms. The van der Waals surface area contributed by atoms with E-state index in [-0.39, 0.29) is 11.9 Å². The fraction of sp³-hybridized carbons (Fsp3) is 0.500. The molecule has 4 nitrogen and oxygen atoms in total. The molecule has 2 atom stereocenters. The van der Waals surface area contributed by atoms with Crippen LogP contribution in [0.3, 0.4) is 0 Å². The number of piperidine rings is 3. The Hall–Kier alpha value is -1.46. The summed E-state index contributed by atoms with van der Waals surface area (Å²) in [5.74, 6) is 0.646. The van der Waals surface area contributed by atoms with Crippen LogP contribution in [-0.2, 0) is 0 Å². The van der Waals surface area contributed by atoms with Crippen LogP contribution in [-0.4, -0.2) is 41.0 Å². The predicted octanol–water partition coefficient (Wildman–Crippen LogP) is 2.51. The Morgan fingerprint density at radius 1 is 1.43 bits per heavy atom. The smallest absolute Gasteiger partial charge is 0.253 e. The number of aromatic nitrogens is 1. The lowest BCUT2D eigenvalue weighted by Gasteiger charge is -2.49. The fourth-order valence-electron chi connectivity index (χ4n) is 3.76. The SMILES string of the molecule is C[C@@H]1[C@H](NC(=O)c2cnc3sccc3c2)C2CCN1CC2. The topological polar surface area (TPSA) is 45.2 Å². The highest BCUT2D eigenvalue weighted by molar-refractivity contribution is 7.16. The number of amides is 1. The zero-order valence-electron chi connectivity index (χ0n) is 12.1. The van der Waals surface area contributed by atoms with Crippen LogP contribution in [0.2, 0.25) is 0 Å². The molecule has 3 aliphatic heterocycles. The maximum Gasteiger partial charge on any atom is 0.253 e. The second kappa shape index (κ2) is 5.07. The molecule has 0 spiro atoms. The van der Waals surface area contributed by atoms with Crippen LogP contribution >= 0.6 is 11.3 Å². The molecule has 21 heavy (non-hydrogen) atoms. The molecule has 3 aliphatic rings. The number of thiophene rings is 1. The maximum atomic E-state index is 12.5. The number of carbonyl (C=O) groups is 1. The molecule has 0 saturated carbocycles. The van der Waals surface area contributed by atoms with Gasteiger partial charge in [-0.25, -0.2) is 4.98 Å². The molecule has 1 amide bonds. The van der Waals surface area contributed by atoms with E-state index in [0.29, 0.717) is 17.5 Å². The van der Waals surface area contributed by atoms with Crippen molar-refractivity contribution in [1.82, 2.24) is 15.2 Å². The Morgan fingerprint density at radius 2 is 2.24 bits per heavy atom. The number of fused-ring (bicyclic) bond motifs is 4. The van der Waals surface area contributed by atoms with Crippen molar-refractivity contribution < 1.29 is 4.79 Å². The molecule has 5 heteroatoms. The molecular weight excluding hydrogens is 282 g/mol. The zero-order chi connectivity index (χ0) is 14.4. The van der Waals surface area contributed by atoms with Crippen molar-refractivity contribution in [3.63, 3.8) is 0 Å². The average Bonchev–Trinajstić information content (AvgIpc) is 2.98. The van der Waals surface area contributed by atoms with Gasteiger partial charge in [0, 0.05) is 23.7 Å². The van der Waals surface area contributed by atoms with E-state index < -0.39 is 0 Å². The average molecular weight is 301 g/mol. The van der Waals surface area contributed by atoms with Gasteiger partial charge in [0.05, 0.1) is 5.56 Å². The lowest BCUT2D eigenvalue weighted by Crippen LogP contribution is -2.62. The Bertz CT molecular complexity index is 673. The molecule has 5 heterocycles. The number of hydrogen-bond acceptors (Lipinski definition) is 4. The zero-order valence-corrected chi connectivity index (χ0v) is 12.9. The van der Waals surface area contributed by atoms with Gasteiger partial charge in [-0.2, -0.15) is 0 Å². The maximum absolute atomic E-state index is 12.5. The summed E-state index contributed by atoms with van der Waals surface area (Å²) in [7, 11) is 0. The summed E-state index contributed by atoms with van der Waals surface area (Å²) in [5, 5.41) is 6.32. The molecule has 3 saturated heterocycles. The fourth-order valence-corrected chi connectivity index (χ4v) is 4.48. The van der Waals surface area contributed by atoms with Gasteiger partial charge in [0.2, 0.25) is 0 Å². The highest BCUT2D eigenvalue weighted by atomic mass is 32.1. The monoisotopic (exact) mass is 301 g/mol. The van der Waals surface area contributed by atoms with Crippen LogP contribution in [0.4, 0.5) is 0 Å². The van der Waals surface area contributed by atoms with E-state index in [1.807, 2.05) is 17.5 Å². The van der Waals surface area contributed by atoms with Crippen LogP contribution in [0.1, 0.15) is 30.1 Å². The lowest BCUT2D eigenvalue weighted by atomic mass is 9.79. The summed E-state index contributed by atoms with van der Waals surface area (Å²) >= 11 is 1.60. The number of hydrogen-bond donors (Lipinski definition) is 1. The molecule has 3 fully saturated rings. The summed E-state index contributed by atoms with van der Waals surface area (Å²) < 4.78 is 0. The second-order valence-electron chi connectivity index (χ2n) is 6.15. The second-order valence-corrected chi connectivity index (χ2v) is 7.05. The van der Waals surface area contributed by atoms with Crippen LogP contribution < -0.4 is 5.32 Å². The van der Waals surface area contributed by atoms with Crippen LogP contribution in [0.5, 0.6) is 0 Å². The van der Waals surface area contributed by atoms with Crippen molar-refractivity contribution in [2.45, 2.75) is 31.8 Å². The first-order chi connectivity index (χ1) is 10.2. The summed E-state index contributed by atoms with van der Waals surface area (Å²) in [5.41, 5.74) is 0.671. The molecule has 0 unspecified atom stereocenters. The molecular formula is C16H19N3OS. The van der Waals surface area contributed by atoms with E-state index >= 15 is 0 Å². The highest BCUT2D eigenvalue weighted by Crippen LogP contribution is 2.32. The van der Waals surface area contributed by atoms with Gasteiger partial charge >= 0.3 is 0 Å². The Balaban J connectivity index is 1.54. The van der Waals surface area contributed by atoms with Crippen LogP contribution in [0.15, 0.2) is 23.7 Å². The van der Waals surface area contributed by atoms with Crippen LogP contribution in [0.25, 0.3) is 10.2 Å². The van der Waals surface area contributed by atoms with Gasteiger partial charge in [-0.05, 0) is 56.3 Å². The van der Waals surface area contributed by atoms with E-state index in [0.717, 1.165) is 10.2 Å². The van der Waals surface area contributed by atoms with Gasteiger partial charge in [0.25, 0.3) is 5.91 Å². The molecule has 0 aliphatic carbocycles. The minimum atomic E-state index is 0.0150. The van der Waals surface area contributed by atoms with Gasteiger partial charge in [-0.15, -0.1) is 11.3 Å². The summed E-state index contributed by atoms with van der Waals surface area (Å²) in [6.07, 6.45) is 4.11. The van der Waals surface area contributed by atoms with Gasteiger partial charge in [-0.3, -0.25) is 9.69 Å². The van der Waals surface area contributed by atoms with E-state index in [4.69, 9.17) is 0 Å². The first-order valence-electron chi connectivity index (χ1n) is 7.60. The standard InChI is InChI=1S/C16H19N3OS/c1-10-14(11-2-5-19(10)6-3-11)18-15(20)13-8-12-4-7-21-16(12)17-9-13/h4,7-11,14H,2-3,5-6H2,1H3,(H,18,20)/t10-,14+/m1/s1. The first-order valence-corrected chi connectivity index (χ1v) is 8.48. The van der Waals surface area contributed by atoms with Crippen molar-refractivity contribution >= 4 is 27.5 Å². The number of pyridine rings is 1. The lowest BCUT2D eigenvalue weighted by molar-refractivity contribution is 0.0217. The van der Waals surface area contributed by atoms with Crippen molar-refractivity contribution in [2.75, 3.05) is 13.1 Å². The van der Waals surface area contributed by atoms with E-state index in [9.17, 15) is 4.79 Å².